The molecule has 3 rings (SSSR count). The fourth-order valence-electron chi connectivity index (χ4n) is 4.29. The number of hydrogen-bond acceptors (Lipinski definition) is 7. The van der Waals surface area contributed by atoms with Gasteiger partial charge < -0.3 is 15.8 Å². The van der Waals surface area contributed by atoms with Gasteiger partial charge in [0, 0.05) is 29.2 Å². The molecule has 3 amide bonds. The molecule has 40 heavy (non-hydrogen) atoms. The van der Waals surface area contributed by atoms with E-state index in [-0.39, 0.29) is 40.2 Å². The Bertz CT molecular complexity index is 1440. The van der Waals surface area contributed by atoms with Crippen LogP contribution >= 0.6 is 11.8 Å². The van der Waals surface area contributed by atoms with Crippen LogP contribution in [0.2, 0.25) is 0 Å². The third kappa shape index (κ3) is 5.89. The first kappa shape index (κ1) is 30.0. The van der Waals surface area contributed by atoms with Crippen LogP contribution in [0.4, 0.5) is 23.7 Å². The summed E-state index contributed by atoms with van der Waals surface area (Å²) < 4.78 is 45.3. The number of carbonyl (C=O) groups excluding carboxylic acids is 3. The van der Waals surface area contributed by atoms with E-state index in [0.717, 1.165) is 30.2 Å². The van der Waals surface area contributed by atoms with E-state index >= 15 is 0 Å². The van der Waals surface area contributed by atoms with Crippen molar-refractivity contribution in [3.63, 3.8) is 0 Å². The van der Waals surface area contributed by atoms with Crippen LogP contribution in [0.3, 0.4) is 0 Å². The van der Waals surface area contributed by atoms with Crippen molar-refractivity contribution in [2.45, 2.75) is 19.1 Å². The molecule has 1 aliphatic rings. The third-order valence-corrected chi connectivity index (χ3v) is 6.70. The number of allylic oxidation sites excluding steroid dienone is 1. The van der Waals surface area contributed by atoms with E-state index in [1.165, 1.54) is 43.0 Å². The van der Waals surface area contributed by atoms with E-state index in [1.54, 1.807) is 0 Å². The summed E-state index contributed by atoms with van der Waals surface area (Å²) in [7, 11) is 1.07. The lowest BCUT2D eigenvalue weighted by molar-refractivity contribution is -0.138. The number of benzene rings is 2. The zero-order valence-electron chi connectivity index (χ0n) is 21.6. The van der Waals surface area contributed by atoms with Gasteiger partial charge in [0.05, 0.1) is 29.9 Å². The minimum atomic E-state index is -4.70. The summed E-state index contributed by atoms with van der Waals surface area (Å²) in [5.74, 6) is -1.67. The maximum Gasteiger partial charge on any atom is 0.416 e. The van der Waals surface area contributed by atoms with E-state index < -0.39 is 41.6 Å². The summed E-state index contributed by atoms with van der Waals surface area (Å²) in [6.07, 6.45) is -2.86. The molecule has 0 fully saturated rings. The van der Waals surface area contributed by atoms with Gasteiger partial charge in [-0.05, 0) is 49.1 Å². The zero-order chi connectivity index (χ0) is 29.8. The van der Waals surface area contributed by atoms with Crippen molar-refractivity contribution in [2.75, 3.05) is 30.6 Å². The summed E-state index contributed by atoms with van der Waals surface area (Å²) in [5.41, 5.74) is 4.29. The molecule has 10 nitrogen and oxygen atoms in total. The molecule has 0 aromatic heterocycles. The minimum absolute atomic E-state index is 0.0308. The number of nitrogens with one attached hydrogen (secondary N) is 2. The number of alkyl halides is 3. The smallest absolute Gasteiger partial charge is 0.416 e. The average molecular weight is 575 g/mol. The zero-order valence-corrected chi connectivity index (χ0v) is 22.4. The molecule has 2 aromatic carbocycles. The number of primary amides is 1. The highest BCUT2D eigenvalue weighted by Crippen LogP contribution is 2.42. The number of nitrogens with two attached hydrogens (primary N) is 1. The van der Waals surface area contributed by atoms with E-state index in [2.05, 4.69) is 5.32 Å². The van der Waals surface area contributed by atoms with Gasteiger partial charge in [-0.2, -0.15) is 30.2 Å². The highest BCUT2D eigenvalue weighted by molar-refractivity contribution is 7.98. The van der Waals surface area contributed by atoms with Gasteiger partial charge in [0.25, 0.3) is 5.91 Å². The standard InChI is InChI=1S/C26H25F3N6O4S/c1-14-20(23(37)39-2)21(18-8-7-15(13-30)11-19(18)22(36)33-9-10-40-3)35(25(32)38)24(31)34(14)17-6-4-5-16(12-17)26(27,28)29/h4-8,11-12,21,31H,9-10H2,1-3H3,(H2,32,38)(H,33,36)/t21-/m1/s1. The number of ether oxygens (including phenoxy) is 1. The fraction of sp³-hybridized carbons (Fsp3) is 0.269. The van der Waals surface area contributed by atoms with Crippen LogP contribution in [0, 0.1) is 16.7 Å². The number of halogens is 3. The van der Waals surface area contributed by atoms with Crippen molar-refractivity contribution < 1.29 is 32.3 Å². The molecular formula is C26H25F3N6O4S. The van der Waals surface area contributed by atoms with Crippen molar-refractivity contribution in [1.29, 1.82) is 10.7 Å². The average Bonchev–Trinajstić information content (AvgIpc) is 2.91. The summed E-state index contributed by atoms with van der Waals surface area (Å²) in [6, 6.07) is 7.21. The fourth-order valence-corrected chi connectivity index (χ4v) is 4.60. The maximum absolute atomic E-state index is 13.5. The van der Waals surface area contributed by atoms with Crippen LogP contribution in [0.15, 0.2) is 53.7 Å². The molecule has 2 aromatic rings. The normalized spacial score (nSPS) is 15.5. The predicted molar refractivity (Wildman–Crippen MR) is 142 cm³/mol. The number of urea groups is 1. The monoisotopic (exact) mass is 574 g/mol. The Labute approximate surface area is 232 Å². The number of nitriles is 1. The Kier molecular flexibility index (Phi) is 9.10. The topological polar surface area (TPSA) is 153 Å². The van der Waals surface area contributed by atoms with Crippen molar-refractivity contribution in [1.82, 2.24) is 10.2 Å². The first-order chi connectivity index (χ1) is 18.9. The molecular weight excluding hydrogens is 549 g/mol. The molecule has 0 spiro atoms. The molecule has 14 heteroatoms. The summed E-state index contributed by atoms with van der Waals surface area (Å²) in [6.45, 7) is 1.65. The van der Waals surface area contributed by atoms with Crippen molar-refractivity contribution in [2.24, 2.45) is 5.73 Å². The van der Waals surface area contributed by atoms with Gasteiger partial charge in [-0.3, -0.25) is 20.0 Å². The number of rotatable bonds is 7. The third-order valence-electron chi connectivity index (χ3n) is 6.08. The molecule has 1 aliphatic heterocycles. The van der Waals surface area contributed by atoms with E-state index in [1.807, 2.05) is 12.3 Å². The number of guanidine groups is 1. The number of carbonyl (C=O) groups is 3. The lowest BCUT2D eigenvalue weighted by atomic mass is 9.88. The Hall–Kier alpha value is -4.51. The van der Waals surface area contributed by atoms with E-state index in [0.29, 0.717) is 10.7 Å². The summed E-state index contributed by atoms with van der Waals surface area (Å²) in [5, 5.41) is 20.9. The van der Waals surface area contributed by atoms with Gasteiger partial charge in [0.1, 0.15) is 6.04 Å². The van der Waals surface area contributed by atoms with Gasteiger partial charge in [0.15, 0.2) is 0 Å². The van der Waals surface area contributed by atoms with Crippen LogP contribution in [0.25, 0.3) is 0 Å². The molecule has 0 saturated heterocycles. The number of thioether (sulfide) groups is 1. The number of methoxy groups -OCH3 is 1. The Morgan fingerprint density at radius 1 is 1.23 bits per heavy atom. The molecule has 0 radical (unpaired) electrons. The van der Waals surface area contributed by atoms with Crippen LogP contribution in [0.5, 0.6) is 0 Å². The molecule has 4 N–H and O–H groups in total. The number of esters is 1. The minimum Gasteiger partial charge on any atom is -0.466 e. The van der Waals surface area contributed by atoms with Gasteiger partial charge in [-0.1, -0.05) is 12.1 Å². The Morgan fingerprint density at radius 2 is 1.93 bits per heavy atom. The van der Waals surface area contributed by atoms with Gasteiger partial charge in [-0.25, -0.2) is 9.59 Å². The van der Waals surface area contributed by atoms with Crippen molar-refractivity contribution in [3.8, 4) is 6.07 Å². The van der Waals surface area contributed by atoms with Crippen molar-refractivity contribution >= 4 is 41.3 Å². The summed E-state index contributed by atoms with van der Waals surface area (Å²) >= 11 is 1.48. The second kappa shape index (κ2) is 12.1. The first-order valence-electron chi connectivity index (χ1n) is 11.6. The predicted octanol–water partition coefficient (Wildman–Crippen LogP) is 3.99. The number of anilines is 1. The molecule has 0 bridgehead atoms. The van der Waals surface area contributed by atoms with Gasteiger partial charge in [-0.15, -0.1) is 0 Å². The highest BCUT2D eigenvalue weighted by atomic mass is 32.2. The first-order valence-corrected chi connectivity index (χ1v) is 13.0. The molecule has 0 unspecified atom stereocenters. The van der Waals surface area contributed by atoms with E-state index in [9.17, 15) is 32.8 Å². The largest absolute Gasteiger partial charge is 0.466 e. The quantitative estimate of drug-likeness (QED) is 0.334. The Morgan fingerprint density at radius 3 is 2.50 bits per heavy atom. The molecule has 1 heterocycles. The molecule has 0 saturated carbocycles. The molecule has 0 aliphatic carbocycles. The molecule has 210 valence electrons. The number of amides is 3. The van der Waals surface area contributed by atoms with E-state index in [4.69, 9.17) is 15.9 Å². The van der Waals surface area contributed by atoms with Gasteiger partial charge in [0.2, 0.25) is 5.96 Å². The van der Waals surface area contributed by atoms with Crippen LogP contribution < -0.4 is 16.0 Å². The number of nitrogens with zero attached hydrogens (tertiary/aromatic N) is 3. The maximum atomic E-state index is 13.5. The second-order valence-corrected chi connectivity index (χ2v) is 9.46. The number of hydrogen-bond donors (Lipinski definition) is 3. The summed E-state index contributed by atoms with van der Waals surface area (Å²) in [4.78, 5) is 40.8. The SMILES string of the molecule is COC(=O)C1=C(C)N(c2cccc(C(F)(F)F)c2)C(=N)N(C(N)=O)[C@@H]1c1ccc(C#N)cc1C(=O)NCCSC. The Balaban J connectivity index is 2.32. The van der Waals surface area contributed by atoms with Crippen molar-refractivity contribution in [3.05, 3.63) is 76.0 Å². The lowest BCUT2D eigenvalue weighted by Gasteiger charge is -2.43. The van der Waals surface area contributed by atoms with Gasteiger partial charge >= 0.3 is 18.2 Å². The van der Waals surface area contributed by atoms with Crippen LogP contribution in [0.1, 0.15) is 40.0 Å². The highest BCUT2D eigenvalue weighted by Gasteiger charge is 2.45. The second-order valence-electron chi connectivity index (χ2n) is 8.47. The van der Waals surface area contributed by atoms with Crippen LogP contribution in [-0.4, -0.2) is 54.4 Å². The lowest BCUT2D eigenvalue weighted by Crippen LogP contribution is -2.55. The van der Waals surface area contributed by atoms with Crippen LogP contribution in [-0.2, 0) is 15.7 Å². The molecule has 1 atom stereocenters.